The second-order valence-corrected chi connectivity index (χ2v) is 13.7. The summed E-state index contributed by atoms with van der Waals surface area (Å²) in [6.45, 7) is 12.4. The molecule has 4 heterocycles. The van der Waals surface area contributed by atoms with Gasteiger partial charge in [0.15, 0.2) is 0 Å². The molecule has 3 aliphatic heterocycles. The summed E-state index contributed by atoms with van der Waals surface area (Å²) in [5, 5.41) is 12.1. The minimum atomic E-state index is -0.606. The molecule has 1 unspecified atom stereocenters. The second kappa shape index (κ2) is 12.7. The molecule has 0 aliphatic carbocycles. The number of nitrogens with zero attached hydrogens (tertiary/aromatic N) is 7. The number of likely N-dealkylation sites (N-methyl/N-ethyl adjacent to an activating group) is 1. The molecule has 0 radical (unpaired) electrons. The van der Waals surface area contributed by atoms with Crippen LogP contribution in [0, 0.1) is 18.3 Å². The maximum Gasteiger partial charge on any atom is 0.410 e. The van der Waals surface area contributed by atoms with Gasteiger partial charge in [-0.2, -0.15) is 15.2 Å². The highest BCUT2D eigenvalue weighted by atomic mass is 16.6. The monoisotopic (exact) mass is 611 g/mol. The molecule has 10 heteroatoms. The molecule has 2 aromatic carbocycles. The number of ether oxygens (including phenoxy) is 2. The van der Waals surface area contributed by atoms with Gasteiger partial charge >= 0.3 is 12.1 Å². The topological polar surface area (TPSA) is 98.1 Å². The molecule has 0 N–H and O–H groups in total. The van der Waals surface area contributed by atoms with Crippen LogP contribution in [0.5, 0.6) is 6.01 Å². The van der Waals surface area contributed by atoms with E-state index in [-0.39, 0.29) is 18.6 Å². The maximum absolute atomic E-state index is 13.1. The average molecular weight is 612 g/mol. The van der Waals surface area contributed by atoms with E-state index < -0.39 is 5.60 Å². The van der Waals surface area contributed by atoms with Crippen LogP contribution in [0.3, 0.4) is 0 Å². The molecular weight excluding hydrogens is 566 g/mol. The number of rotatable bonds is 6. The molecule has 6 rings (SSSR count). The Hall–Kier alpha value is -4.10. The molecule has 1 aromatic heterocycles. The van der Waals surface area contributed by atoms with Gasteiger partial charge in [-0.3, -0.25) is 0 Å². The number of amides is 1. The number of benzene rings is 2. The zero-order valence-electron chi connectivity index (χ0n) is 27.3. The standard InChI is InChI=1S/C35H45N7O3/c1-24-19-25-9-6-7-11-28(25)31(20-24)40-16-13-29-30(22-40)37-33(44-23-27-10-8-15-39(27)5)38-32(29)41-17-18-42(26(21-41)12-14-36)34(43)45-35(2,3)4/h6-7,9,11,19-20,26-27H,8,10,12-13,15-18,21-23H2,1-5H3/t26?,27-/m0/s1. The fraction of sp³-hybridized carbons (Fsp3) is 0.543. The van der Waals surface area contributed by atoms with Crippen LogP contribution in [0.2, 0.25) is 0 Å². The number of piperazine rings is 1. The van der Waals surface area contributed by atoms with E-state index in [4.69, 9.17) is 19.4 Å². The minimum Gasteiger partial charge on any atom is -0.462 e. The minimum absolute atomic E-state index is 0.217. The van der Waals surface area contributed by atoms with E-state index in [1.807, 2.05) is 20.8 Å². The highest BCUT2D eigenvalue weighted by molar-refractivity contribution is 5.95. The Balaban J connectivity index is 1.32. The Labute approximate surface area is 266 Å². The van der Waals surface area contributed by atoms with Crippen LogP contribution in [-0.2, 0) is 17.7 Å². The lowest BCUT2D eigenvalue weighted by molar-refractivity contribution is 0.0144. The van der Waals surface area contributed by atoms with Gasteiger partial charge in [0.1, 0.15) is 18.0 Å². The molecule has 238 valence electrons. The van der Waals surface area contributed by atoms with Crippen LogP contribution < -0.4 is 14.5 Å². The van der Waals surface area contributed by atoms with Crippen LogP contribution in [0.4, 0.5) is 16.3 Å². The number of likely N-dealkylation sites (tertiary alicyclic amines) is 1. The first kappa shape index (κ1) is 30.9. The fourth-order valence-electron chi connectivity index (χ4n) is 6.87. The molecule has 1 amide bonds. The first-order valence-electron chi connectivity index (χ1n) is 16.2. The molecule has 0 bridgehead atoms. The predicted molar refractivity (Wildman–Crippen MR) is 176 cm³/mol. The van der Waals surface area contributed by atoms with Crippen LogP contribution >= 0.6 is 0 Å². The first-order chi connectivity index (χ1) is 21.6. The van der Waals surface area contributed by atoms with Crippen LogP contribution in [0.1, 0.15) is 56.9 Å². The Morgan fingerprint density at radius 2 is 1.89 bits per heavy atom. The van der Waals surface area contributed by atoms with E-state index in [0.717, 1.165) is 43.0 Å². The summed E-state index contributed by atoms with van der Waals surface area (Å²) in [7, 11) is 2.14. The van der Waals surface area contributed by atoms with Gasteiger partial charge in [-0.15, -0.1) is 0 Å². The molecule has 2 fully saturated rings. The van der Waals surface area contributed by atoms with Gasteiger partial charge in [0.05, 0.1) is 30.8 Å². The summed E-state index contributed by atoms with van der Waals surface area (Å²) in [6, 6.07) is 15.8. The van der Waals surface area contributed by atoms with Crippen molar-refractivity contribution in [3.05, 3.63) is 53.2 Å². The number of hydrogen-bond acceptors (Lipinski definition) is 9. The zero-order valence-corrected chi connectivity index (χ0v) is 27.3. The van der Waals surface area contributed by atoms with Gasteiger partial charge in [-0.1, -0.05) is 30.3 Å². The van der Waals surface area contributed by atoms with Crippen LogP contribution in [0.15, 0.2) is 36.4 Å². The number of aryl methyl sites for hydroxylation is 1. The Morgan fingerprint density at radius 3 is 2.64 bits per heavy atom. The molecule has 0 spiro atoms. The lowest BCUT2D eigenvalue weighted by atomic mass is 10.00. The van der Waals surface area contributed by atoms with E-state index in [0.29, 0.717) is 44.8 Å². The summed E-state index contributed by atoms with van der Waals surface area (Å²) in [4.78, 5) is 31.8. The van der Waals surface area contributed by atoms with Crippen molar-refractivity contribution in [1.82, 2.24) is 19.8 Å². The van der Waals surface area contributed by atoms with Crippen molar-refractivity contribution in [2.24, 2.45) is 0 Å². The first-order valence-corrected chi connectivity index (χ1v) is 16.2. The molecule has 0 saturated carbocycles. The third-order valence-electron chi connectivity index (χ3n) is 9.16. The van der Waals surface area contributed by atoms with Crippen molar-refractivity contribution in [3.63, 3.8) is 0 Å². The molecule has 2 atom stereocenters. The smallest absolute Gasteiger partial charge is 0.410 e. The summed E-state index contributed by atoms with van der Waals surface area (Å²) in [6.07, 6.45) is 2.90. The highest BCUT2D eigenvalue weighted by Crippen LogP contribution is 2.36. The molecule has 45 heavy (non-hydrogen) atoms. The quantitative estimate of drug-likeness (QED) is 0.367. The van der Waals surface area contributed by atoms with Crippen molar-refractivity contribution in [2.75, 3.05) is 56.2 Å². The number of anilines is 2. The third-order valence-corrected chi connectivity index (χ3v) is 9.16. The van der Waals surface area contributed by atoms with Crippen LogP contribution in [-0.4, -0.2) is 89.9 Å². The average Bonchev–Trinajstić information content (AvgIpc) is 3.42. The van der Waals surface area contributed by atoms with Crippen molar-refractivity contribution < 1.29 is 14.3 Å². The Bertz CT molecular complexity index is 1600. The lowest BCUT2D eigenvalue weighted by Gasteiger charge is -2.42. The van der Waals surface area contributed by atoms with E-state index in [2.05, 4.69) is 71.1 Å². The van der Waals surface area contributed by atoms with Crippen molar-refractivity contribution in [1.29, 1.82) is 5.26 Å². The van der Waals surface area contributed by atoms with Crippen molar-refractivity contribution in [2.45, 2.75) is 77.6 Å². The second-order valence-electron chi connectivity index (χ2n) is 13.7. The van der Waals surface area contributed by atoms with Gasteiger partial charge < -0.3 is 29.1 Å². The van der Waals surface area contributed by atoms with E-state index in [1.54, 1.807) is 4.90 Å². The largest absolute Gasteiger partial charge is 0.462 e. The molecule has 3 aliphatic rings. The highest BCUT2D eigenvalue weighted by Gasteiger charge is 2.36. The summed E-state index contributed by atoms with van der Waals surface area (Å²) in [5.41, 5.74) is 3.93. The van der Waals surface area contributed by atoms with E-state index in [1.165, 1.54) is 28.4 Å². The number of fused-ring (bicyclic) bond motifs is 2. The van der Waals surface area contributed by atoms with E-state index >= 15 is 0 Å². The van der Waals surface area contributed by atoms with Gasteiger partial charge in [0.25, 0.3) is 0 Å². The van der Waals surface area contributed by atoms with Crippen LogP contribution in [0.25, 0.3) is 10.8 Å². The summed E-state index contributed by atoms with van der Waals surface area (Å²) >= 11 is 0. The number of carbonyl (C=O) groups is 1. The third kappa shape index (κ3) is 6.79. The van der Waals surface area contributed by atoms with E-state index in [9.17, 15) is 10.1 Å². The lowest BCUT2D eigenvalue weighted by Crippen LogP contribution is -2.56. The number of hydrogen-bond donors (Lipinski definition) is 0. The molecule has 3 aromatic rings. The predicted octanol–water partition coefficient (Wildman–Crippen LogP) is 5.31. The SMILES string of the molecule is Cc1cc(N2CCc3c(nc(OC[C@@H]4CCCN4C)nc3N3CCN(C(=O)OC(C)(C)C)C(CC#N)C3)C2)c2ccccc2c1. The van der Waals surface area contributed by atoms with Crippen molar-refractivity contribution in [3.8, 4) is 12.1 Å². The zero-order chi connectivity index (χ0) is 31.7. The normalized spacial score (nSPS) is 20.7. The molecule has 10 nitrogen and oxygen atoms in total. The summed E-state index contributed by atoms with van der Waals surface area (Å²) < 4.78 is 12.0. The van der Waals surface area contributed by atoms with Gasteiger partial charge in [-0.25, -0.2) is 4.79 Å². The Kier molecular flexibility index (Phi) is 8.74. The fourth-order valence-corrected chi connectivity index (χ4v) is 6.87. The van der Waals surface area contributed by atoms with Gasteiger partial charge in [-0.05, 0) is 77.6 Å². The number of nitriles is 1. The molecular formula is C35H45N7O3. The van der Waals surface area contributed by atoms with Gasteiger partial charge in [0, 0.05) is 48.9 Å². The van der Waals surface area contributed by atoms with Gasteiger partial charge in [0.2, 0.25) is 0 Å². The van der Waals surface area contributed by atoms with Crippen molar-refractivity contribution >= 4 is 28.4 Å². The summed E-state index contributed by atoms with van der Waals surface area (Å²) in [5.74, 6) is 0.857. The number of aromatic nitrogens is 2. The molecule has 2 saturated heterocycles. The number of carbonyl (C=O) groups excluding carboxylic acids is 1. The Morgan fingerprint density at radius 1 is 1.07 bits per heavy atom. The maximum atomic E-state index is 13.1.